The first kappa shape index (κ1) is 23.8. The summed E-state index contributed by atoms with van der Waals surface area (Å²) in [7, 11) is 0. The van der Waals surface area contributed by atoms with Gasteiger partial charge in [-0.15, -0.1) is 0 Å². The van der Waals surface area contributed by atoms with Crippen molar-refractivity contribution in [3.8, 4) is 5.75 Å². The van der Waals surface area contributed by atoms with Gasteiger partial charge >= 0.3 is 0 Å². The number of hydrogen-bond donors (Lipinski definition) is 1. The molecule has 2 amide bonds. The maximum Gasteiger partial charge on any atom is 0.275 e. The summed E-state index contributed by atoms with van der Waals surface area (Å²) >= 11 is 29.9. The molecule has 1 N–H and O–H groups in total. The van der Waals surface area contributed by atoms with Crippen LogP contribution in [0.4, 0.5) is 5.69 Å². The third-order valence-corrected chi connectivity index (χ3v) is 5.83. The molecule has 156 valence electrons. The molecule has 0 atom stereocenters. The molecule has 0 unspecified atom stereocenters. The maximum absolute atomic E-state index is 12.5. The lowest BCUT2D eigenvalue weighted by Crippen LogP contribution is -2.34. The van der Waals surface area contributed by atoms with E-state index in [0.717, 1.165) is 0 Å². The number of amides is 2. The van der Waals surface area contributed by atoms with E-state index in [-0.39, 0.29) is 43.5 Å². The molecule has 0 saturated carbocycles. The minimum Gasteiger partial charge on any atom is -0.482 e. The van der Waals surface area contributed by atoms with Gasteiger partial charge in [0.05, 0.1) is 20.1 Å². The largest absolute Gasteiger partial charge is 0.482 e. The number of nitrogens with zero attached hydrogens (tertiary/aromatic N) is 2. The third kappa shape index (κ3) is 5.80. The molecule has 0 fully saturated rings. The van der Waals surface area contributed by atoms with Crippen LogP contribution in [0, 0.1) is 0 Å². The molecule has 29 heavy (non-hydrogen) atoms. The molecule has 0 bridgehead atoms. The summed E-state index contributed by atoms with van der Waals surface area (Å²) in [6, 6.07) is 4.54. The van der Waals surface area contributed by atoms with Gasteiger partial charge in [-0.25, -0.2) is 4.98 Å². The smallest absolute Gasteiger partial charge is 0.275 e. The van der Waals surface area contributed by atoms with Crippen LogP contribution >= 0.6 is 58.0 Å². The van der Waals surface area contributed by atoms with Crippen LogP contribution in [0.15, 0.2) is 18.2 Å². The molecule has 0 radical (unpaired) electrons. The Bertz CT molecular complexity index is 935. The van der Waals surface area contributed by atoms with E-state index in [1.165, 1.54) is 12.1 Å². The molecule has 0 aliphatic heterocycles. The maximum atomic E-state index is 12.5. The van der Waals surface area contributed by atoms with Crippen molar-refractivity contribution in [3.63, 3.8) is 0 Å². The monoisotopic (exact) mass is 497 g/mol. The molecule has 2 aromatic rings. The Hall–Kier alpha value is -1.44. The van der Waals surface area contributed by atoms with E-state index >= 15 is 0 Å². The molecule has 1 aromatic carbocycles. The summed E-state index contributed by atoms with van der Waals surface area (Å²) in [6.07, 6.45) is 0. The summed E-state index contributed by atoms with van der Waals surface area (Å²) in [6.45, 7) is 4.80. The highest BCUT2D eigenvalue weighted by molar-refractivity contribution is 6.52. The number of hydrogen-bond acceptors (Lipinski definition) is 4. The lowest BCUT2D eigenvalue weighted by Gasteiger charge is -2.19. The Balaban J connectivity index is 2.11. The molecule has 1 aromatic heterocycles. The Labute approximate surface area is 193 Å². The van der Waals surface area contributed by atoms with Gasteiger partial charge in [-0.1, -0.05) is 58.0 Å². The molecule has 6 nitrogen and oxygen atoms in total. The first-order valence-electron chi connectivity index (χ1n) is 8.41. The number of pyridine rings is 1. The molecule has 0 saturated heterocycles. The predicted molar refractivity (Wildman–Crippen MR) is 117 cm³/mol. The van der Waals surface area contributed by atoms with Crippen molar-refractivity contribution in [2.45, 2.75) is 13.8 Å². The Morgan fingerprint density at radius 3 is 2.28 bits per heavy atom. The number of carbonyl (C=O) groups excluding carboxylic acids is 2. The summed E-state index contributed by atoms with van der Waals surface area (Å²) in [5.74, 6) is -0.503. The van der Waals surface area contributed by atoms with Gasteiger partial charge in [-0.2, -0.15) is 0 Å². The standard InChI is InChI=1S/C18H16Cl5N3O3/c1-3-26(4-2)12(27)8-29-11-6-5-9(7-10(11)19)24-18(28)16-14(21)13(20)15(22)17(23)25-16/h5-7H,3-4,8H2,1-2H3,(H,24,28). The van der Waals surface area contributed by atoms with E-state index in [2.05, 4.69) is 10.3 Å². The third-order valence-electron chi connectivity index (χ3n) is 3.86. The van der Waals surface area contributed by atoms with Crippen LogP contribution in [0.3, 0.4) is 0 Å². The topological polar surface area (TPSA) is 71.5 Å². The van der Waals surface area contributed by atoms with E-state index in [1.807, 2.05) is 13.8 Å². The first-order valence-corrected chi connectivity index (χ1v) is 10.3. The lowest BCUT2D eigenvalue weighted by molar-refractivity contribution is -0.132. The molecule has 2 rings (SSSR count). The summed E-state index contributed by atoms with van der Waals surface area (Å²) in [4.78, 5) is 30.0. The fourth-order valence-corrected chi connectivity index (χ4v) is 3.38. The van der Waals surface area contributed by atoms with Crippen LogP contribution in [-0.2, 0) is 4.79 Å². The Morgan fingerprint density at radius 2 is 1.69 bits per heavy atom. The zero-order valence-electron chi connectivity index (χ0n) is 15.4. The number of ether oxygens (including phenoxy) is 1. The van der Waals surface area contributed by atoms with E-state index < -0.39 is 5.91 Å². The van der Waals surface area contributed by atoms with Crippen molar-refractivity contribution in [2.24, 2.45) is 0 Å². The minimum absolute atomic E-state index is 0.0429. The van der Waals surface area contributed by atoms with E-state index in [0.29, 0.717) is 24.5 Å². The molecule has 11 heteroatoms. The molecule has 0 aliphatic carbocycles. The highest BCUT2D eigenvalue weighted by Crippen LogP contribution is 2.36. The number of halogens is 5. The number of benzene rings is 1. The average molecular weight is 500 g/mol. The normalized spacial score (nSPS) is 10.6. The van der Waals surface area contributed by atoms with Crippen molar-refractivity contribution in [3.05, 3.63) is 49.1 Å². The van der Waals surface area contributed by atoms with Gasteiger partial charge in [-0.05, 0) is 32.0 Å². The SMILES string of the molecule is CCN(CC)C(=O)COc1ccc(NC(=O)c2nc(Cl)c(Cl)c(Cl)c2Cl)cc1Cl. The molecule has 1 heterocycles. The van der Waals surface area contributed by atoms with E-state index in [1.54, 1.807) is 11.0 Å². The second-order valence-electron chi connectivity index (χ2n) is 5.65. The van der Waals surface area contributed by atoms with Gasteiger partial charge in [0.25, 0.3) is 11.8 Å². The second-order valence-corrected chi connectivity index (χ2v) is 7.55. The van der Waals surface area contributed by atoms with Crippen LogP contribution in [-0.4, -0.2) is 41.4 Å². The van der Waals surface area contributed by atoms with Crippen molar-refractivity contribution in [1.29, 1.82) is 0 Å². The van der Waals surface area contributed by atoms with Gasteiger partial charge in [0.2, 0.25) is 0 Å². The number of carbonyl (C=O) groups is 2. The van der Waals surface area contributed by atoms with Crippen LogP contribution < -0.4 is 10.1 Å². The molecular weight excluding hydrogens is 483 g/mol. The Morgan fingerprint density at radius 1 is 1.03 bits per heavy atom. The van der Waals surface area contributed by atoms with E-state index in [4.69, 9.17) is 62.7 Å². The van der Waals surface area contributed by atoms with Gasteiger partial charge in [0.15, 0.2) is 6.61 Å². The summed E-state index contributed by atoms with van der Waals surface area (Å²) < 4.78 is 5.47. The van der Waals surface area contributed by atoms with Crippen molar-refractivity contribution in [1.82, 2.24) is 9.88 Å². The van der Waals surface area contributed by atoms with Crippen LogP contribution in [0.1, 0.15) is 24.3 Å². The summed E-state index contributed by atoms with van der Waals surface area (Å²) in [5.41, 5.74) is 0.162. The number of anilines is 1. The van der Waals surface area contributed by atoms with Crippen molar-refractivity contribution < 1.29 is 14.3 Å². The lowest BCUT2D eigenvalue weighted by atomic mass is 10.2. The van der Waals surface area contributed by atoms with Crippen LogP contribution in [0.2, 0.25) is 25.2 Å². The zero-order valence-corrected chi connectivity index (χ0v) is 19.1. The van der Waals surface area contributed by atoms with Gasteiger partial charge in [0.1, 0.15) is 16.6 Å². The van der Waals surface area contributed by atoms with E-state index in [9.17, 15) is 9.59 Å². The number of nitrogens with one attached hydrogen (secondary N) is 1. The van der Waals surface area contributed by atoms with Crippen LogP contribution in [0.25, 0.3) is 0 Å². The van der Waals surface area contributed by atoms with Crippen molar-refractivity contribution >= 4 is 75.5 Å². The highest BCUT2D eigenvalue weighted by atomic mass is 35.5. The average Bonchev–Trinajstić information content (AvgIpc) is 2.69. The fraction of sp³-hybridized carbons (Fsp3) is 0.278. The predicted octanol–water partition coefficient (Wildman–Crippen LogP) is 5.85. The number of likely N-dealkylation sites (N-methyl/N-ethyl adjacent to an activating group) is 1. The second kappa shape index (κ2) is 10.5. The van der Waals surface area contributed by atoms with Gasteiger partial charge < -0.3 is 15.0 Å². The summed E-state index contributed by atoms with van der Waals surface area (Å²) in [5, 5.41) is 2.40. The van der Waals surface area contributed by atoms with Crippen molar-refractivity contribution in [2.75, 3.05) is 25.0 Å². The zero-order chi connectivity index (χ0) is 21.7. The first-order chi connectivity index (χ1) is 13.7. The fourth-order valence-electron chi connectivity index (χ4n) is 2.33. The Kier molecular flexibility index (Phi) is 8.67. The minimum atomic E-state index is -0.656. The molecular formula is C18H16Cl5N3O3. The highest BCUT2D eigenvalue weighted by Gasteiger charge is 2.21. The quantitative estimate of drug-likeness (QED) is 0.485. The van der Waals surface area contributed by atoms with Crippen LogP contribution in [0.5, 0.6) is 5.75 Å². The molecule has 0 aliphatic rings. The number of rotatable bonds is 7. The number of aromatic nitrogens is 1. The van der Waals surface area contributed by atoms with Gasteiger partial charge in [-0.3, -0.25) is 9.59 Å². The molecule has 0 spiro atoms. The van der Waals surface area contributed by atoms with Gasteiger partial charge in [0, 0.05) is 18.8 Å².